The van der Waals surface area contributed by atoms with E-state index < -0.39 is 5.82 Å². The van der Waals surface area contributed by atoms with Crippen molar-refractivity contribution in [3.8, 4) is 0 Å². The van der Waals surface area contributed by atoms with E-state index in [-0.39, 0.29) is 23.8 Å². The molecule has 0 saturated carbocycles. The maximum Gasteiger partial charge on any atom is 0.280 e. The van der Waals surface area contributed by atoms with E-state index in [4.69, 9.17) is 16.6 Å². The number of aromatic nitrogens is 4. The summed E-state index contributed by atoms with van der Waals surface area (Å²) in [6.07, 6.45) is 0. The summed E-state index contributed by atoms with van der Waals surface area (Å²) in [5.41, 5.74) is 3.10. The molecule has 1 amide bonds. The van der Waals surface area contributed by atoms with Gasteiger partial charge in [-0.3, -0.25) is 18.8 Å². The predicted octanol–water partition coefficient (Wildman–Crippen LogP) is 4.80. The maximum absolute atomic E-state index is 13.8. The fraction of sp³-hybridized carbons (Fsp3) is 0.250. The Morgan fingerprint density at radius 3 is 2.59 bits per heavy atom. The highest BCUT2D eigenvalue weighted by atomic mass is 35.5. The van der Waals surface area contributed by atoms with Crippen molar-refractivity contribution in [1.29, 1.82) is 0 Å². The predicted molar refractivity (Wildman–Crippen MR) is 133 cm³/mol. The van der Waals surface area contributed by atoms with Crippen molar-refractivity contribution >= 4 is 46.0 Å². The van der Waals surface area contributed by atoms with Gasteiger partial charge in [-0.2, -0.15) is 5.10 Å². The Labute approximate surface area is 205 Å². The van der Waals surface area contributed by atoms with Gasteiger partial charge in [-0.15, -0.1) is 0 Å². The van der Waals surface area contributed by atoms with Crippen LogP contribution in [0.3, 0.4) is 0 Å². The zero-order valence-electron chi connectivity index (χ0n) is 18.9. The summed E-state index contributed by atoms with van der Waals surface area (Å²) >= 11 is 7.14. The number of nitrogens with zero attached hydrogens (tertiary/aromatic N) is 4. The Hall–Kier alpha value is -3.17. The molecule has 0 atom stereocenters. The Balaban J connectivity index is 1.66. The number of benzene rings is 2. The van der Waals surface area contributed by atoms with E-state index in [9.17, 15) is 14.0 Å². The lowest BCUT2D eigenvalue weighted by Gasteiger charge is -2.13. The van der Waals surface area contributed by atoms with E-state index in [2.05, 4.69) is 10.4 Å². The van der Waals surface area contributed by atoms with Crippen LogP contribution in [0.1, 0.15) is 23.7 Å². The number of carbonyl (C=O) groups excluding carboxylic acids is 1. The van der Waals surface area contributed by atoms with E-state index in [0.717, 1.165) is 17.3 Å². The van der Waals surface area contributed by atoms with Gasteiger partial charge in [0.25, 0.3) is 5.56 Å². The summed E-state index contributed by atoms with van der Waals surface area (Å²) in [7, 11) is 0. The Bertz CT molecular complexity index is 1430. The lowest BCUT2D eigenvalue weighted by Crippen LogP contribution is -2.26. The Kier molecular flexibility index (Phi) is 7.04. The lowest BCUT2D eigenvalue weighted by atomic mass is 10.2. The molecular formula is C24H23ClFN5O2S. The van der Waals surface area contributed by atoms with Gasteiger partial charge >= 0.3 is 0 Å². The van der Waals surface area contributed by atoms with Crippen molar-refractivity contribution < 1.29 is 9.18 Å². The van der Waals surface area contributed by atoms with Gasteiger partial charge in [-0.1, -0.05) is 41.6 Å². The van der Waals surface area contributed by atoms with Crippen molar-refractivity contribution in [2.75, 3.05) is 11.1 Å². The van der Waals surface area contributed by atoms with E-state index in [0.29, 0.717) is 44.7 Å². The third-order valence-corrected chi connectivity index (χ3v) is 6.55. The minimum absolute atomic E-state index is 0.00494. The molecule has 0 spiro atoms. The number of hydrogen-bond donors (Lipinski definition) is 1. The number of nitrogens with one attached hydrogen (secondary N) is 1. The quantitative estimate of drug-likeness (QED) is 0.292. The number of hydrogen-bond acceptors (Lipinski definition) is 5. The molecule has 1 N–H and O–H groups in total. The van der Waals surface area contributed by atoms with Crippen LogP contribution >= 0.6 is 23.4 Å². The zero-order chi connectivity index (χ0) is 24.4. The summed E-state index contributed by atoms with van der Waals surface area (Å²) in [6.45, 7) is 6.17. The molecule has 0 saturated heterocycles. The van der Waals surface area contributed by atoms with E-state index >= 15 is 0 Å². The second-order valence-corrected chi connectivity index (χ2v) is 9.19. The molecule has 34 heavy (non-hydrogen) atoms. The van der Waals surface area contributed by atoms with Gasteiger partial charge < -0.3 is 5.32 Å². The number of fused-ring (bicyclic) bond motifs is 1. The minimum atomic E-state index is -0.391. The molecule has 10 heteroatoms. The molecule has 4 rings (SSSR count). The third kappa shape index (κ3) is 5.00. The highest BCUT2D eigenvalue weighted by Crippen LogP contribution is 2.22. The molecule has 0 aliphatic rings. The van der Waals surface area contributed by atoms with Crippen LogP contribution in [0.15, 0.2) is 52.4 Å². The van der Waals surface area contributed by atoms with Gasteiger partial charge in [0.2, 0.25) is 5.91 Å². The van der Waals surface area contributed by atoms with Gasteiger partial charge in [0, 0.05) is 17.3 Å². The zero-order valence-corrected chi connectivity index (χ0v) is 20.5. The average molecular weight is 500 g/mol. The first-order valence-electron chi connectivity index (χ1n) is 10.7. The monoisotopic (exact) mass is 499 g/mol. The van der Waals surface area contributed by atoms with Gasteiger partial charge in [0.15, 0.2) is 10.7 Å². The van der Waals surface area contributed by atoms with Crippen LogP contribution in [-0.2, 0) is 17.9 Å². The summed E-state index contributed by atoms with van der Waals surface area (Å²) in [6, 6.07) is 11.7. The van der Waals surface area contributed by atoms with E-state index in [1.165, 1.54) is 6.07 Å². The summed E-state index contributed by atoms with van der Waals surface area (Å²) < 4.78 is 17.0. The number of amides is 1. The van der Waals surface area contributed by atoms with Crippen molar-refractivity contribution in [3.63, 3.8) is 0 Å². The molecular weight excluding hydrogens is 477 g/mol. The summed E-state index contributed by atoms with van der Waals surface area (Å²) in [5, 5.41) is 8.12. The highest BCUT2D eigenvalue weighted by Gasteiger charge is 2.19. The normalized spacial score (nSPS) is 11.2. The first-order valence-corrected chi connectivity index (χ1v) is 12.0. The number of halogens is 2. The number of aryl methyl sites for hydroxylation is 3. The van der Waals surface area contributed by atoms with E-state index in [1.807, 2.05) is 19.1 Å². The molecule has 4 aromatic rings. The number of anilines is 1. The van der Waals surface area contributed by atoms with Crippen molar-refractivity contribution in [2.45, 2.75) is 39.0 Å². The van der Waals surface area contributed by atoms with Crippen molar-refractivity contribution in [3.05, 3.63) is 80.5 Å². The molecule has 176 valence electrons. The van der Waals surface area contributed by atoms with Crippen LogP contribution < -0.4 is 10.9 Å². The summed E-state index contributed by atoms with van der Waals surface area (Å²) in [5.74, 6) is -0.728. The molecule has 0 fully saturated rings. The van der Waals surface area contributed by atoms with Crippen molar-refractivity contribution in [2.24, 2.45) is 0 Å². The number of thioether (sulfide) groups is 1. The van der Waals surface area contributed by atoms with Crippen LogP contribution in [0.25, 0.3) is 11.0 Å². The number of carbonyl (C=O) groups is 1. The molecule has 0 radical (unpaired) electrons. The standard InChI is InChI=1S/C24H23ClFN5O2S/c1-4-31-22-21(15(3)29-31)28-24(30(23(22)33)12-16-6-8-17(25)9-7-16)34-13-20(32)27-18-10-5-14(2)19(26)11-18/h5-11H,4,12-13H2,1-3H3,(H,27,32). The van der Waals surface area contributed by atoms with Crippen LogP contribution in [0, 0.1) is 19.7 Å². The first-order chi connectivity index (χ1) is 16.3. The molecule has 0 bridgehead atoms. The lowest BCUT2D eigenvalue weighted by molar-refractivity contribution is -0.113. The van der Waals surface area contributed by atoms with Crippen molar-refractivity contribution in [1.82, 2.24) is 19.3 Å². The van der Waals surface area contributed by atoms with Gasteiger partial charge in [0.05, 0.1) is 18.0 Å². The van der Waals surface area contributed by atoms with E-state index in [1.54, 1.807) is 47.4 Å². The fourth-order valence-electron chi connectivity index (χ4n) is 3.54. The Morgan fingerprint density at radius 1 is 1.18 bits per heavy atom. The van der Waals surface area contributed by atoms with Crippen LogP contribution in [0.4, 0.5) is 10.1 Å². The molecule has 0 aliphatic carbocycles. The second-order valence-electron chi connectivity index (χ2n) is 7.81. The van der Waals surface area contributed by atoms with Crippen LogP contribution in [0.2, 0.25) is 5.02 Å². The molecule has 2 aromatic carbocycles. The van der Waals surface area contributed by atoms with Gasteiger partial charge in [-0.05, 0) is 56.2 Å². The smallest absolute Gasteiger partial charge is 0.280 e. The fourth-order valence-corrected chi connectivity index (χ4v) is 4.45. The molecule has 7 nitrogen and oxygen atoms in total. The maximum atomic E-state index is 13.8. The summed E-state index contributed by atoms with van der Waals surface area (Å²) in [4.78, 5) is 30.8. The first kappa shape index (κ1) is 24.0. The average Bonchev–Trinajstić information content (AvgIpc) is 3.14. The Morgan fingerprint density at radius 2 is 1.91 bits per heavy atom. The van der Waals surface area contributed by atoms with Crippen LogP contribution in [-0.4, -0.2) is 31.0 Å². The van der Waals surface area contributed by atoms with Gasteiger partial charge in [0.1, 0.15) is 11.3 Å². The second kappa shape index (κ2) is 9.99. The SMILES string of the molecule is CCn1nc(C)c2nc(SCC(=O)Nc3ccc(C)c(F)c3)n(Cc3ccc(Cl)cc3)c(=O)c21. The largest absolute Gasteiger partial charge is 0.325 e. The minimum Gasteiger partial charge on any atom is -0.325 e. The molecule has 2 heterocycles. The topological polar surface area (TPSA) is 81.8 Å². The molecule has 0 unspecified atom stereocenters. The number of rotatable bonds is 7. The third-order valence-electron chi connectivity index (χ3n) is 5.32. The van der Waals surface area contributed by atoms with Gasteiger partial charge in [-0.25, -0.2) is 9.37 Å². The molecule has 2 aromatic heterocycles. The van der Waals surface area contributed by atoms with Crippen LogP contribution in [0.5, 0.6) is 0 Å². The molecule has 0 aliphatic heterocycles. The highest BCUT2D eigenvalue weighted by molar-refractivity contribution is 7.99.